The van der Waals surface area contributed by atoms with E-state index in [0.717, 1.165) is 9.75 Å². The molecule has 0 fully saturated rings. The summed E-state index contributed by atoms with van der Waals surface area (Å²) in [4.78, 5) is 13.9. The number of carbonyl (C=O) groups is 1. The van der Waals surface area contributed by atoms with E-state index in [2.05, 4.69) is 25.1 Å². The van der Waals surface area contributed by atoms with Gasteiger partial charge in [0.15, 0.2) is 5.78 Å². The summed E-state index contributed by atoms with van der Waals surface area (Å²) < 4.78 is 0. The third-order valence-corrected chi connectivity index (χ3v) is 3.82. The van der Waals surface area contributed by atoms with Crippen LogP contribution in [-0.2, 0) is 0 Å². The first-order valence-corrected chi connectivity index (χ1v) is 6.60. The van der Waals surface area contributed by atoms with E-state index in [1.165, 1.54) is 11.1 Å². The Morgan fingerprint density at radius 3 is 2.59 bits per heavy atom. The van der Waals surface area contributed by atoms with E-state index in [0.29, 0.717) is 0 Å². The van der Waals surface area contributed by atoms with Crippen LogP contribution >= 0.6 is 11.3 Å². The lowest BCUT2D eigenvalue weighted by molar-refractivity contribution is 0.0943. The third-order valence-electron chi connectivity index (χ3n) is 2.68. The smallest absolute Gasteiger partial charge is 0.175 e. The predicted molar refractivity (Wildman–Crippen MR) is 73.7 cm³/mol. The molecule has 1 heterocycles. The summed E-state index contributed by atoms with van der Waals surface area (Å²) in [7, 11) is 0. The predicted octanol–water partition coefficient (Wildman–Crippen LogP) is 4.56. The molecule has 0 saturated heterocycles. The van der Waals surface area contributed by atoms with Crippen LogP contribution in [0.25, 0.3) is 10.4 Å². The second-order valence-corrected chi connectivity index (χ2v) is 5.64. The van der Waals surface area contributed by atoms with Gasteiger partial charge in [-0.3, -0.25) is 4.79 Å². The molecule has 2 aromatic rings. The molecule has 2 heteroatoms. The number of carbonyl (C=O) groups excluding carboxylic acids is 1. The van der Waals surface area contributed by atoms with Crippen molar-refractivity contribution in [3.8, 4) is 10.4 Å². The van der Waals surface area contributed by atoms with Gasteiger partial charge in [0.25, 0.3) is 0 Å². The molecule has 2 rings (SSSR count). The van der Waals surface area contributed by atoms with E-state index in [4.69, 9.17) is 0 Å². The molecule has 1 aromatic carbocycles. The lowest BCUT2D eigenvalue weighted by Gasteiger charge is -2.00. The van der Waals surface area contributed by atoms with Gasteiger partial charge in [0.2, 0.25) is 0 Å². The van der Waals surface area contributed by atoms with E-state index in [9.17, 15) is 4.79 Å². The number of benzene rings is 1. The van der Waals surface area contributed by atoms with Crippen LogP contribution in [0.2, 0.25) is 0 Å². The number of hydrogen-bond donors (Lipinski definition) is 0. The minimum Gasteiger partial charge on any atom is -0.293 e. The van der Waals surface area contributed by atoms with Crippen LogP contribution in [0.5, 0.6) is 0 Å². The summed E-state index contributed by atoms with van der Waals surface area (Å²) in [5.41, 5.74) is 2.44. The summed E-state index contributed by atoms with van der Waals surface area (Å²) in [5, 5.41) is 0. The van der Waals surface area contributed by atoms with Crippen molar-refractivity contribution in [1.82, 2.24) is 0 Å². The van der Waals surface area contributed by atoms with E-state index >= 15 is 0 Å². The van der Waals surface area contributed by atoms with Crippen LogP contribution in [0.1, 0.15) is 29.1 Å². The quantitative estimate of drug-likeness (QED) is 0.723. The van der Waals surface area contributed by atoms with Gasteiger partial charge in [0.05, 0.1) is 4.88 Å². The van der Waals surface area contributed by atoms with Crippen LogP contribution in [-0.4, -0.2) is 5.78 Å². The van der Waals surface area contributed by atoms with Crippen molar-refractivity contribution in [3.63, 3.8) is 0 Å². The molecule has 0 unspecified atom stereocenters. The number of thiophene rings is 1. The zero-order valence-corrected chi connectivity index (χ0v) is 11.2. The third kappa shape index (κ3) is 2.64. The normalized spacial score (nSPS) is 10.8. The van der Waals surface area contributed by atoms with Gasteiger partial charge in [-0.1, -0.05) is 43.7 Å². The zero-order chi connectivity index (χ0) is 12.4. The molecular weight excluding hydrogens is 228 g/mol. The maximum Gasteiger partial charge on any atom is 0.175 e. The van der Waals surface area contributed by atoms with Crippen LogP contribution in [0.4, 0.5) is 0 Å². The fourth-order valence-electron chi connectivity index (χ4n) is 1.71. The average Bonchev–Trinajstić information content (AvgIpc) is 2.77. The highest BCUT2D eigenvalue weighted by atomic mass is 32.1. The Kier molecular flexibility index (Phi) is 3.43. The molecular formula is C15H16OS. The van der Waals surface area contributed by atoms with Gasteiger partial charge in [-0.2, -0.15) is 0 Å². The Labute approximate surface area is 106 Å². The number of hydrogen-bond acceptors (Lipinski definition) is 2. The van der Waals surface area contributed by atoms with Crippen LogP contribution < -0.4 is 0 Å². The molecule has 0 bridgehead atoms. The lowest BCUT2D eigenvalue weighted by Crippen LogP contribution is -2.04. The first-order chi connectivity index (χ1) is 8.08. The Hall–Kier alpha value is -1.41. The van der Waals surface area contributed by atoms with Crippen molar-refractivity contribution >= 4 is 17.1 Å². The lowest BCUT2D eigenvalue weighted by atomic mass is 10.1. The van der Waals surface area contributed by atoms with Gasteiger partial charge in [-0.15, -0.1) is 11.3 Å². The van der Waals surface area contributed by atoms with Gasteiger partial charge < -0.3 is 0 Å². The highest BCUT2D eigenvalue weighted by Gasteiger charge is 2.13. The summed E-state index contributed by atoms with van der Waals surface area (Å²) in [5.74, 6) is 0.299. The Morgan fingerprint density at radius 1 is 1.18 bits per heavy atom. The SMILES string of the molecule is Cc1cccc(-c2ccc(C(=O)C(C)C)s2)c1. The fourth-order valence-corrected chi connectivity index (χ4v) is 2.80. The van der Waals surface area contributed by atoms with Crippen molar-refractivity contribution in [1.29, 1.82) is 0 Å². The fraction of sp³-hybridized carbons (Fsp3) is 0.267. The second-order valence-electron chi connectivity index (χ2n) is 4.55. The van der Waals surface area contributed by atoms with E-state index in [1.807, 2.05) is 32.0 Å². The van der Waals surface area contributed by atoms with Crippen molar-refractivity contribution in [2.45, 2.75) is 20.8 Å². The molecule has 0 aliphatic rings. The largest absolute Gasteiger partial charge is 0.293 e. The Morgan fingerprint density at radius 2 is 1.94 bits per heavy atom. The van der Waals surface area contributed by atoms with Gasteiger partial charge in [0, 0.05) is 10.8 Å². The molecule has 0 radical (unpaired) electrons. The summed E-state index contributed by atoms with van der Waals surface area (Å²) in [6, 6.07) is 12.3. The highest BCUT2D eigenvalue weighted by Crippen LogP contribution is 2.29. The van der Waals surface area contributed by atoms with E-state index < -0.39 is 0 Å². The molecule has 0 saturated carbocycles. The highest BCUT2D eigenvalue weighted by molar-refractivity contribution is 7.17. The molecule has 1 nitrogen and oxygen atoms in total. The number of ketones is 1. The second kappa shape index (κ2) is 4.84. The van der Waals surface area contributed by atoms with Crippen molar-refractivity contribution in [2.24, 2.45) is 5.92 Å². The minimum absolute atomic E-state index is 0.0685. The minimum atomic E-state index is 0.0685. The monoisotopic (exact) mass is 244 g/mol. The molecule has 0 atom stereocenters. The number of aryl methyl sites for hydroxylation is 1. The van der Waals surface area contributed by atoms with Crippen LogP contribution in [0, 0.1) is 12.8 Å². The number of rotatable bonds is 3. The summed E-state index contributed by atoms with van der Waals surface area (Å²) in [6.07, 6.45) is 0. The molecule has 1 aromatic heterocycles. The first kappa shape index (κ1) is 12.1. The van der Waals surface area contributed by atoms with Crippen molar-refractivity contribution < 1.29 is 4.79 Å². The molecule has 17 heavy (non-hydrogen) atoms. The standard InChI is InChI=1S/C15H16OS/c1-10(2)15(16)14-8-7-13(17-14)12-6-4-5-11(3)9-12/h4-10H,1-3H3. The van der Waals surface area contributed by atoms with E-state index in [-0.39, 0.29) is 11.7 Å². The Bertz CT molecular complexity index is 537. The van der Waals surface area contributed by atoms with Gasteiger partial charge in [0.1, 0.15) is 0 Å². The molecule has 0 amide bonds. The molecule has 0 aliphatic carbocycles. The van der Waals surface area contributed by atoms with E-state index in [1.54, 1.807) is 11.3 Å². The maximum atomic E-state index is 11.9. The van der Waals surface area contributed by atoms with Gasteiger partial charge in [-0.25, -0.2) is 0 Å². The first-order valence-electron chi connectivity index (χ1n) is 5.79. The Balaban J connectivity index is 2.33. The van der Waals surface area contributed by atoms with Crippen molar-refractivity contribution in [3.05, 3.63) is 46.8 Å². The molecule has 0 aliphatic heterocycles. The molecule has 0 spiro atoms. The molecule has 88 valence electrons. The van der Waals surface area contributed by atoms with Gasteiger partial charge in [-0.05, 0) is 24.6 Å². The van der Waals surface area contributed by atoms with Crippen LogP contribution in [0.3, 0.4) is 0 Å². The molecule has 0 N–H and O–H groups in total. The topological polar surface area (TPSA) is 17.1 Å². The van der Waals surface area contributed by atoms with Gasteiger partial charge >= 0.3 is 0 Å². The van der Waals surface area contributed by atoms with Crippen molar-refractivity contribution in [2.75, 3.05) is 0 Å². The maximum absolute atomic E-state index is 11.9. The summed E-state index contributed by atoms with van der Waals surface area (Å²) >= 11 is 1.58. The average molecular weight is 244 g/mol. The zero-order valence-electron chi connectivity index (χ0n) is 10.4. The van der Waals surface area contributed by atoms with Crippen LogP contribution in [0.15, 0.2) is 36.4 Å². The number of Topliss-reactive ketones (excluding diaryl/α,β-unsaturated/α-hetero) is 1. The summed E-state index contributed by atoms with van der Waals surface area (Å²) in [6.45, 7) is 5.96.